The molecule has 5 heteroatoms. The molecule has 0 fully saturated rings. The van der Waals surface area contributed by atoms with Gasteiger partial charge in [0.1, 0.15) is 12.4 Å². The van der Waals surface area contributed by atoms with Gasteiger partial charge >= 0.3 is 0 Å². The van der Waals surface area contributed by atoms with Crippen LogP contribution in [0.25, 0.3) is 0 Å². The Morgan fingerprint density at radius 1 is 1.19 bits per heavy atom. The first-order chi connectivity index (χ1) is 10.2. The molecule has 0 saturated heterocycles. The van der Waals surface area contributed by atoms with Crippen LogP contribution in [0.1, 0.15) is 16.7 Å². The largest absolute Gasteiger partial charge is 0.488 e. The van der Waals surface area contributed by atoms with Gasteiger partial charge in [0.2, 0.25) is 0 Å². The van der Waals surface area contributed by atoms with E-state index in [-0.39, 0.29) is 0 Å². The van der Waals surface area contributed by atoms with Crippen molar-refractivity contribution in [3.63, 3.8) is 0 Å². The molecule has 21 heavy (non-hydrogen) atoms. The number of ether oxygens (including phenoxy) is 1. The summed E-state index contributed by atoms with van der Waals surface area (Å²) in [6.45, 7) is 0.942. The number of nitrogens with zero attached hydrogens (tertiary/aromatic N) is 1. The number of hydrogen-bond acceptors (Lipinski definition) is 3. The average Bonchev–Trinajstić information content (AvgIpc) is 2.49. The van der Waals surface area contributed by atoms with Crippen molar-refractivity contribution < 1.29 is 4.74 Å². The van der Waals surface area contributed by atoms with E-state index in [0.717, 1.165) is 16.9 Å². The van der Waals surface area contributed by atoms with Crippen LogP contribution in [0.15, 0.2) is 36.4 Å². The molecule has 0 heterocycles. The summed E-state index contributed by atoms with van der Waals surface area (Å²) in [7, 11) is 1.85. The van der Waals surface area contributed by atoms with E-state index in [0.29, 0.717) is 28.8 Å². The molecule has 0 saturated carbocycles. The van der Waals surface area contributed by atoms with Crippen molar-refractivity contribution in [2.45, 2.75) is 13.2 Å². The number of hydrogen-bond donors (Lipinski definition) is 1. The molecule has 0 spiro atoms. The Hall–Kier alpha value is -1.73. The minimum Gasteiger partial charge on any atom is -0.488 e. The molecule has 1 N–H and O–H groups in total. The molecule has 2 aromatic rings. The summed E-state index contributed by atoms with van der Waals surface area (Å²) in [4.78, 5) is 0. The van der Waals surface area contributed by atoms with E-state index < -0.39 is 0 Å². The van der Waals surface area contributed by atoms with Crippen molar-refractivity contribution in [2.75, 3.05) is 7.05 Å². The Bertz CT molecular complexity index is 680. The summed E-state index contributed by atoms with van der Waals surface area (Å²) in [5, 5.41) is 13.1. The molecule has 0 aromatic heterocycles. The molecule has 3 nitrogen and oxygen atoms in total. The molecule has 2 aromatic carbocycles. The molecule has 0 bridgehead atoms. The SMILES string of the molecule is CNCc1c(Cl)cccc1OCc1ccc(C#N)cc1Cl. The Labute approximate surface area is 134 Å². The second-order valence-electron chi connectivity index (χ2n) is 4.45. The second-order valence-corrected chi connectivity index (χ2v) is 5.27. The summed E-state index contributed by atoms with van der Waals surface area (Å²) in [6.07, 6.45) is 0. The number of nitrogens with one attached hydrogen (secondary N) is 1. The maximum Gasteiger partial charge on any atom is 0.125 e. The first kappa shape index (κ1) is 15.7. The minimum absolute atomic E-state index is 0.321. The van der Waals surface area contributed by atoms with Crippen LogP contribution in [0.2, 0.25) is 10.0 Å². The van der Waals surface area contributed by atoms with Gasteiger partial charge < -0.3 is 10.1 Å². The Morgan fingerprint density at radius 2 is 2.00 bits per heavy atom. The van der Waals surface area contributed by atoms with Gasteiger partial charge in [0.25, 0.3) is 0 Å². The molecule has 0 aliphatic carbocycles. The molecular formula is C16H14Cl2N2O. The van der Waals surface area contributed by atoms with Crippen LogP contribution in [0.5, 0.6) is 5.75 Å². The van der Waals surface area contributed by atoms with Gasteiger partial charge in [0.05, 0.1) is 11.6 Å². The van der Waals surface area contributed by atoms with Crippen LogP contribution < -0.4 is 10.1 Å². The minimum atomic E-state index is 0.321. The van der Waals surface area contributed by atoms with E-state index >= 15 is 0 Å². The molecule has 0 amide bonds. The van der Waals surface area contributed by atoms with Gasteiger partial charge in [-0.1, -0.05) is 35.3 Å². The number of benzene rings is 2. The van der Waals surface area contributed by atoms with Crippen LogP contribution in [-0.2, 0) is 13.2 Å². The summed E-state index contributed by atoms with van der Waals surface area (Å²) < 4.78 is 5.82. The molecule has 2 rings (SSSR count). The fraction of sp³-hybridized carbons (Fsp3) is 0.188. The number of halogens is 2. The van der Waals surface area contributed by atoms with Crippen LogP contribution in [0, 0.1) is 11.3 Å². The van der Waals surface area contributed by atoms with E-state index in [1.165, 1.54) is 0 Å². The predicted molar refractivity (Wildman–Crippen MR) is 84.7 cm³/mol. The fourth-order valence-electron chi connectivity index (χ4n) is 1.91. The lowest BCUT2D eigenvalue weighted by atomic mass is 10.1. The van der Waals surface area contributed by atoms with E-state index in [1.807, 2.05) is 25.2 Å². The van der Waals surface area contributed by atoms with Crippen molar-refractivity contribution >= 4 is 23.2 Å². The summed E-state index contributed by atoms with van der Waals surface area (Å²) in [5.74, 6) is 0.720. The smallest absolute Gasteiger partial charge is 0.125 e. The Morgan fingerprint density at radius 3 is 2.67 bits per heavy atom. The first-order valence-electron chi connectivity index (χ1n) is 6.39. The zero-order valence-electron chi connectivity index (χ0n) is 11.5. The van der Waals surface area contributed by atoms with Gasteiger partial charge in [-0.05, 0) is 31.3 Å². The number of nitriles is 1. The molecule has 108 valence electrons. The van der Waals surface area contributed by atoms with Crippen LogP contribution in [0.4, 0.5) is 0 Å². The summed E-state index contributed by atoms with van der Waals surface area (Å²) in [5.41, 5.74) is 2.26. The third-order valence-electron chi connectivity index (χ3n) is 2.99. The zero-order chi connectivity index (χ0) is 15.2. The highest BCUT2D eigenvalue weighted by Crippen LogP contribution is 2.28. The Balaban J connectivity index is 2.17. The summed E-state index contributed by atoms with van der Waals surface area (Å²) in [6, 6.07) is 12.7. The standard InChI is InChI=1S/C16H14Cl2N2O/c1-20-9-13-14(17)3-2-4-16(13)21-10-12-6-5-11(8-19)7-15(12)18/h2-7,20H,9-10H2,1H3. The third kappa shape index (κ3) is 3.89. The van der Waals surface area contributed by atoms with Gasteiger partial charge in [-0.25, -0.2) is 0 Å². The summed E-state index contributed by atoms with van der Waals surface area (Å²) >= 11 is 12.3. The van der Waals surface area contributed by atoms with Gasteiger partial charge in [-0.15, -0.1) is 0 Å². The van der Waals surface area contributed by atoms with Crippen LogP contribution >= 0.6 is 23.2 Å². The van der Waals surface area contributed by atoms with Crippen molar-refractivity contribution in [2.24, 2.45) is 0 Å². The first-order valence-corrected chi connectivity index (χ1v) is 7.14. The predicted octanol–water partition coefficient (Wildman–Crippen LogP) is 4.16. The highest BCUT2D eigenvalue weighted by atomic mass is 35.5. The normalized spacial score (nSPS) is 10.2. The fourth-order valence-corrected chi connectivity index (χ4v) is 2.38. The highest BCUT2D eigenvalue weighted by molar-refractivity contribution is 6.31. The van der Waals surface area contributed by atoms with E-state index in [9.17, 15) is 0 Å². The Kier molecular flexibility index (Phi) is 5.46. The molecular weight excluding hydrogens is 307 g/mol. The molecule has 0 radical (unpaired) electrons. The lowest BCUT2D eigenvalue weighted by Crippen LogP contribution is -2.08. The van der Waals surface area contributed by atoms with Gasteiger partial charge in [0.15, 0.2) is 0 Å². The average molecular weight is 321 g/mol. The van der Waals surface area contributed by atoms with Crippen LogP contribution in [-0.4, -0.2) is 7.05 Å². The van der Waals surface area contributed by atoms with E-state index in [4.69, 9.17) is 33.2 Å². The molecule has 0 aliphatic rings. The van der Waals surface area contributed by atoms with Crippen molar-refractivity contribution in [1.29, 1.82) is 5.26 Å². The van der Waals surface area contributed by atoms with E-state index in [1.54, 1.807) is 18.2 Å². The maximum atomic E-state index is 8.83. The van der Waals surface area contributed by atoms with Crippen molar-refractivity contribution in [1.82, 2.24) is 5.32 Å². The number of rotatable bonds is 5. The quantitative estimate of drug-likeness (QED) is 0.899. The third-order valence-corrected chi connectivity index (χ3v) is 3.70. The topological polar surface area (TPSA) is 45.0 Å². The lowest BCUT2D eigenvalue weighted by molar-refractivity contribution is 0.302. The molecule has 0 atom stereocenters. The van der Waals surface area contributed by atoms with Gasteiger partial charge in [-0.3, -0.25) is 0 Å². The van der Waals surface area contributed by atoms with E-state index in [2.05, 4.69) is 11.4 Å². The monoisotopic (exact) mass is 320 g/mol. The van der Waals surface area contributed by atoms with Gasteiger partial charge in [-0.2, -0.15) is 5.26 Å². The second kappa shape index (κ2) is 7.33. The molecule has 0 unspecified atom stereocenters. The maximum absolute atomic E-state index is 8.83. The lowest BCUT2D eigenvalue weighted by Gasteiger charge is -2.13. The van der Waals surface area contributed by atoms with Gasteiger partial charge in [0, 0.05) is 27.7 Å². The highest BCUT2D eigenvalue weighted by Gasteiger charge is 2.09. The molecule has 0 aliphatic heterocycles. The van der Waals surface area contributed by atoms with Crippen molar-refractivity contribution in [3.05, 3.63) is 63.1 Å². The van der Waals surface area contributed by atoms with Crippen molar-refractivity contribution in [3.8, 4) is 11.8 Å². The van der Waals surface area contributed by atoms with Crippen LogP contribution in [0.3, 0.4) is 0 Å². The zero-order valence-corrected chi connectivity index (χ0v) is 13.0.